The first kappa shape index (κ1) is 18.9. The summed E-state index contributed by atoms with van der Waals surface area (Å²) in [6, 6.07) is 0. The van der Waals surface area contributed by atoms with Crippen molar-refractivity contribution >= 4 is 5.97 Å². The third kappa shape index (κ3) is 2.22. The molecule has 3 aliphatic carbocycles. The summed E-state index contributed by atoms with van der Waals surface area (Å²) in [4.78, 5) is 12.2. The quantitative estimate of drug-likeness (QED) is 0.750. The van der Waals surface area contributed by atoms with Crippen LogP contribution in [0.15, 0.2) is 11.6 Å². The molecule has 0 heterocycles. The first-order chi connectivity index (χ1) is 11.6. The van der Waals surface area contributed by atoms with Gasteiger partial charge in [0.1, 0.15) is 0 Å². The summed E-state index contributed by atoms with van der Waals surface area (Å²) in [5.41, 5.74) is -1.37. The van der Waals surface area contributed by atoms with E-state index in [2.05, 4.69) is 26.8 Å². The number of hydrogen-bond donors (Lipinski definition) is 2. The van der Waals surface area contributed by atoms with E-state index in [1.54, 1.807) is 7.11 Å². The van der Waals surface area contributed by atoms with E-state index in [1.165, 1.54) is 0 Å². The molecular formula is C21H34O4. The number of allylic oxidation sites excluding steroid dienone is 1. The van der Waals surface area contributed by atoms with E-state index < -0.39 is 22.6 Å². The molecule has 0 saturated heterocycles. The van der Waals surface area contributed by atoms with E-state index in [-0.39, 0.29) is 17.3 Å². The minimum atomic E-state index is -0.848. The van der Waals surface area contributed by atoms with Gasteiger partial charge in [0, 0.05) is 12.5 Å². The average Bonchev–Trinajstić information content (AvgIpc) is 2.55. The number of carboxylic acids is 1. The molecule has 0 spiro atoms. The standard InChI is InChI=1S/C21H34O4/c1-14(2)20(24)12-7-13-21(25-5)16(20)9-8-15-18(3,17(22)23)10-6-11-19(15,21)4/h9,14-15,24H,6-8,10-13H2,1-5H3,(H,22,23)/t15?,18-,19+,20-,21-/m1/s1. The summed E-state index contributed by atoms with van der Waals surface area (Å²) in [5, 5.41) is 21.5. The van der Waals surface area contributed by atoms with Crippen LogP contribution in [0.5, 0.6) is 0 Å². The van der Waals surface area contributed by atoms with Gasteiger partial charge in [-0.1, -0.05) is 33.3 Å². The number of hydrogen-bond acceptors (Lipinski definition) is 3. The van der Waals surface area contributed by atoms with Gasteiger partial charge < -0.3 is 14.9 Å². The van der Waals surface area contributed by atoms with Crippen molar-refractivity contribution in [3.05, 3.63) is 11.6 Å². The van der Waals surface area contributed by atoms with Crippen LogP contribution in [0.4, 0.5) is 0 Å². The highest BCUT2D eigenvalue weighted by atomic mass is 16.5. The van der Waals surface area contributed by atoms with Crippen molar-refractivity contribution in [3.63, 3.8) is 0 Å². The first-order valence-corrected chi connectivity index (χ1v) is 9.80. The fourth-order valence-electron chi connectivity index (χ4n) is 6.58. The van der Waals surface area contributed by atoms with Crippen molar-refractivity contribution in [2.45, 2.75) is 83.8 Å². The molecule has 3 rings (SSSR count). The van der Waals surface area contributed by atoms with Crippen molar-refractivity contribution in [2.75, 3.05) is 7.11 Å². The van der Waals surface area contributed by atoms with Crippen LogP contribution in [0.1, 0.15) is 72.6 Å². The van der Waals surface area contributed by atoms with Crippen molar-refractivity contribution < 1.29 is 19.7 Å². The van der Waals surface area contributed by atoms with E-state index in [9.17, 15) is 15.0 Å². The fraction of sp³-hybridized carbons (Fsp3) is 0.857. The van der Waals surface area contributed by atoms with Gasteiger partial charge >= 0.3 is 5.97 Å². The molecule has 0 radical (unpaired) electrons. The largest absolute Gasteiger partial charge is 0.481 e. The van der Waals surface area contributed by atoms with Gasteiger partial charge in [0.15, 0.2) is 0 Å². The summed E-state index contributed by atoms with van der Waals surface area (Å²) < 4.78 is 6.25. The van der Waals surface area contributed by atoms with Crippen molar-refractivity contribution in [1.29, 1.82) is 0 Å². The van der Waals surface area contributed by atoms with Gasteiger partial charge in [-0.3, -0.25) is 4.79 Å². The maximum absolute atomic E-state index is 12.2. The van der Waals surface area contributed by atoms with Crippen LogP contribution in [-0.2, 0) is 9.53 Å². The van der Waals surface area contributed by atoms with Gasteiger partial charge in [0.25, 0.3) is 0 Å². The zero-order valence-electron chi connectivity index (χ0n) is 16.4. The highest BCUT2D eigenvalue weighted by molar-refractivity contribution is 5.75. The molecule has 3 aliphatic rings. The Morgan fingerprint density at radius 1 is 1.20 bits per heavy atom. The summed E-state index contributed by atoms with van der Waals surface area (Å²) in [6.07, 6.45) is 7.97. The van der Waals surface area contributed by atoms with Crippen LogP contribution in [0.2, 0.25) is 0 Å². The number of rotatable bonds is 3. The van der Waals surface area contributed by atoms with Crippen LogP contribution >= 0.6 is 0 Å². The Kier molecular flexibility index (Phi) is 4.40. The molecule has 0 aromatic heterocycles. The minimum absolute atomic E-state index is 0.0319. The Hall–Kier alpha value is -0.870. The monoisotopic (exact) mass is 350 g/mol. The molecule has 0 aromatic carbocycles. The second-order valence-electron chi connectivity index (χ2n) is 9.36. The van der Waals surface area contributed by atoms with Gasteiger partial charge in [-0.05, 0) is 62.9 Å². The van der Waals surface area contributed by atoms with E-state index in [1.807, 2.05) is 6.92 Å². The zero-order chi connectivity index (χ0) is 18.7. The van der Waals surface area contributed by atoms with Crippen LogP contribution in [-0.4, -0.2) is 34.5 Å². The van der Waals surface area contributed by atoms with Crippen LogP contribution in [0.25, 0.3) is 0 Å². The van der Waals surface area contributed by atoms with Crippen molar-refractivity contribution in [2.24, 2.45) is 22.7 Å². The van der Waals surface area contributed by atoms with Crippen LogP contribution in [0.3, 0.4) is 0 Å². The lowest BCUT2D eigenvalue weighted by Crippen LogP contribution is -2.66. The normalized spacial score (nSPS) is 47.0. The number of ether oxygens (including phenoxy) is 1. The Morgan fingerprint density at radius 2 is 1.84 bits per heavy atom. The van der Waals surface area contributed by atoms with E-state index >= 15 is 0 Å². The summed E-state index contributed by atoms with van der Waals surface area (Å²) >= 11 is 0. The molecule has 0 bridgehead atoms. The first-order valence-electron chi connectivity index (χ1n) is 9.80. The topological polar surface area (TPSA) is 66.8 Å². The molecule has 4 nitrogen and oxygen atoms in total. The Labute approximate surface area is 151 Å². The summed E-state index contributed by atoms with van der Waals surface area (Å²) in [7, 11) is 1.75. The lowest BCUT2D eigenvalue weighted by atomic mass is 9.43. The van der Waals surface area contributed by atoms with Crippen molar-refractivity contribution in [1.82, 2.24) is 0 Å². The number of aliphatic hydroxyl groups is 1. The van der Waals surface area contributed by atoms with E-state index in [4.69, 9.17) is 4.74 Å². The number of methoxy groups -OCH3 is 1. The van der Waals surface area contributed by atoms with Gasteiger partial charge in [0.2, 0.25) is 0 Å². The SMILES string of the molecule is CO[C@]12CCC[C@@](O)(C(C)C)C1=CCC1[C@](C)(C(=O)O)CCC[C@@]12C. The molecule has 25 heavy (non-hydrogen) atoms. The number of aliphatic carboxylic acids is 1. The van der Waals surface area contributed by atoms with Crippen molar-refractivity contribution in [3.8, 4) is 0 Å². The molecule has 0 aliphatic heterocycles. The number of carboxylic acid groups (broad SMARTS) is 1. The van der Waals surface area contributed by atoms with E-state index in [0.29, 0.717) is 0 Å². The molecule has 2 saturated carbocycles. The molecule has 5 atom stereocenters. The molecule has 142 valence electrons. The number of fused-ring (bicyclic) bond motifs is 3. The van der Waals surface area contributed by atoms with Crippen LogP contribution in [0, 0.1) is 22.7 Å². The Bertz CT molecular complexity index is 597. The van der Waals surface area contributed by atoms with E-state index in [0.717, 1.165) is 50.5 Å². The van der Waals surface area contributed by atoms with Gasteiger partial charge in [-0.25, -0.2) is 0 Å². The Balaban J connectivity index is 2.19. The maximum Gasteiger partial charge on any atom is 0.309 e. The van der Waals surface area contributed by atoms with Crippen LogP contribution < -0.4 is 0 Å². The molecule has 2 N–H and O–H groups in total. The third-order valence-electron chi connectivity index (χ3n) is 8.19. The second-order valence-corrected chi connectivity index (χ2v) is 9.36. The predicted octanol–water partition coefficient (Wildman–Crippen LogP) is 4.17. The fourth-order valence-corrected chi connectivity index (χ4v) is 6.58. The molecule has 4 heteroatoms. The lowest BCUT2D eigenvalue weighted by molar-refractivity contribution is -0.203. The second kappa shape index (κ2) is 5.82. The molecule has 2 fully saturated rings. The molecule has 0 aromatic rings. The zero-order valence-corrected chi connectivity index (χ0v) is 16.4. The molecule has 0 amide bonds. The summed E-state index contributed by atoms with van der Waals surface area (Å²) in [5.74, 6) is -0.547. The maximum atomic E-state index is 12.2. The highest BCUT2D eigenvalue weighted by Gasteiger charge is 2.67. The summed E-state index contributed by atoms with van der Waals surface area (Å²) in [6.45, 7) is 8.28. The average molecular weight is 350 g/mol. The van der Waals surface area contributed by atoms with Gasteiger partial charge in [-0.15, -0.1) is 0 Å². The predicted molar refractivity (Wildman–Crippen MR) is 97.3 cm³/mol. The molecular weight excluding hydrogens is 316 g/mol. The third-order valence-corrected chi connectivity index (χ3v) is 8.19. The van der Waals surface area contributed by atoms with Gasteiger partial charge in [0.05, 0.1) is 16.6 Å². The van der Waals surface area contributed by atoms with Gasteiger partial charge in [-0.2, -0.15) is 0 Å². The lowest BCUT2D eigenvalue weighted by Gasteiger charge is -2.65. The minimum Gasteiger partial charge on any atom is -0.481 e. The smallest absolute Gasteiger partial charge is 0.309 e. The molecule has 1 unspecified atom stereocenters. The Morgan fingerprint density at radius 3 is 2.40 bits per heavy atom. The number of carbonyl (C=O) groups is 1. The highest BCUT2D eigenvalue weighted by Crippen LogP contribution is 2.66.